The maximum atomic E-state index is 13.0. The average molecular weight is 233 g/mol. The van der Waals surface area contributed by atoms with Gasteiger partial charge in [0.05, 0.1) is 24.7 Å². The Bertz CT molecular complexity index is 520. The van der Waals surface area contributed by atoms with E-state index in [1.54, 1.807) is 0 Å². The molecule has 1 saturated heterocycles. The Morgan fingerprint density at radius 2 is 2.24 bits per heavy atom. The van der Waals surface area contributed by atoms with Gasteiger partial charge in [-0.25, -0.2) is 9.18 Å². The highest BCUT2D eigenvalue weighted by Gasteiger charge is 2.28. The van der Waals surface area contributed by atoms with Gasteiger partial charge < -0.3 is 5.32 Å². The van der Waals surface area contributed by atoms with Crippen molar-refractivity contribution in [2.45, 2.75) is 6.54 Å². The number of rotatable bonds is 2. The van der Waals surface area contributed by atoms with Gasteiger partial charge in [-0.05, 0) is 23.8 Å². The molecule has 86 valence electrons. The minimum absolute atomic E-state index is 0.0595. The molecule has 5 nitrogen and oxygen atoms in total. The van der Waals surface area contributed by atoms with Gasteiger partial charge in [-0.1, -0.05) is 0 Å². The van der Waals surface area contributed by atoms with Crippen LogP contribution in [0.2, 0.25) is 0 Å². The highest BCUT2D eigenvalue weighted by molar-refractivity contribution is 6.01. The van der Waals surface area contributed by atoms with Gasteiger partial charge in [0.1, 0.15) is 5.82 Å². The molecular weight excluding hydrogens is 225 g/mol. The van der Waals surface area contributed by atoms with Gasteiger partial charge in [0, 0.05) is 0 Å². The number of imide groups is 1. The molecule has 0 bridgehead atoms. The number of halogens is 1. The summed E-state index contributed by atoms with van der Waals surface area (Å²) in [7, 11) is 0. The average Bonchev–Trinajstić information content (AvgIpc) is 2.61. The summed E-state index contributed by atoms with van der Waals surface area (Å²) in [5, 5.41) is 11.2. The molecule has 6 heteroatoms. The van der Waals surface area contributed by atoms with Gasteiger partial charge in [-0.2, -0.15) is 5.26 Å². The Morgan fingerprint density at radius 3 is 2.82 bits per heavy atom. The van der Waals surface area contributed by atoms with Gasteiger partial charge in [-0.15, -0.1) is 0 Å². The van der Waals surface area contributed by atoms with Gasteiger partial charge in [-0.3, -0.25) is 9.69 Å². The number of carbonyl (C=O) groups excluding carboxylic acids is 2. The molecule has 3 amide bonds. The standard InChI is InChI=1S/C11H8FN3O2/c12-9-2-1-7(4-13)8(3-9)6-15-10(16)5-14-11(15)17/h1-3H,5-6H2,(H,14,17). The first-order valence-corrected chi connectivity index (χ1v) is 4.88. The molecule has 2 rings (SSSR count). The fourth-order valence-electron chi connectivity index (χ4n) is 1.59. The maximum absolute atomic E-state index is 13.0. The Balaban J connectivity index is 2.30. The fourth-order valence-corrected chi connectivity index (χ4v) is 1.59. The van der Waals surface area contributed by atoms with Crippen LogP contribution in [0.15, 0.2) is 18.2 Å². The van der Waals surface area contributed by atoms with Gasteiger partial charge in [0.15, 0.2) is 0 Å². The molecule has 17 heavy (non-hydrogen) atoms. The number of carbonyl (C=O) groups is 2. The smallest absolute Gasteiger partial charge is 0.324 e. The van der Waals surface area contributed by atoms with Crippen molar-refractivity contribution in [3.05, 3.63) is 35.1 Å². The summed E-state index contributed by atoms with van der Waals surface area (Å²) in [4.78, 5) is 23.6. The molecule has 0 radical (unpaired) electrons. The quantitative estimate of drug-likeness (QED) is 0.766. The summed E-state index contributed by atoms with van der Waals surface area (Å²) in [5.74, 6) is -0.894. The van der Waals surface area contributed by atoms with Gasteiger partial charge >= 0.3 is 6.03 Å². The zero-order valence-electron chi connectivity index (χ0n) is 8.74. The van der Waals surface area contributed by atoms with Crippen molar-refractivity contribution >= 4 is 11.9 Å². The second-order valence-corrected chi connectivity index (χ2v) is 3.55. The maximum Gasteiger partial charge on any atom is 0.324 e. The molecule has 0 aliphatic carbocycles. The highest BCUT2D eigenvalue weighted by atomic mass is 19.1. The molecule has 1 heterocycles. The molecule has 1 N–H and O–H groups in total. The van der Waals surface area contributed by atoms with E-state index in [1.807, 2.05) is 6.07 Å². The lowest BCUT2D eigenvalue weighted by Gasteiger charge is -2.13. The van der Waals surface area contributed by atoms with E-state index in [9.17, 15) is 14.0 Å². The van der Waals surface area contributed by atoms with E-state index in [-0.39, 0.29) is 24.6 Å². The number of amides is 3. The summed E-state index contributed by atoms with van der Waals surface area (Å²) >= 11 is 0. The molecule has 1 fully saturated rings. The van der Waals surface area contributed by atoms with E-state index in [4.69, 9.17) is 5.26 Å². The monoisotopic (exact) mass is 233 g/mol. The third kappa shape index (κ3) is 2.08. The van der Waals surface area contributed by atoms with Crippen LogP contribution < -0.4 is 5.32 Å². The summed E-state index contributed by atoms with van der Waals surface area (Å²) in [6, 6.07) is 5.00. The molecule has 0 aromatic heterocycles. The second kappa shape index (κ2) is 4.22. The Hall–Kier alpha value is -2.42. The normalized spacial score (nSPS) is 14.7. The zero-order chi connectivity index (χ0) is 12.4. The van der Waals surface area contributed by atoms with Crippen molar-refractivity contribution < 1.29 is 14.0 Å². The second-order valence-electron chi connectivity index (χ2n) is 3.55. The van der Waals surface area contributed by atoms with E-state index in [0.29, 0.717) is 5.56 Å². The van der Waals surface area contributed by atoms with Crippen molar-refractivity contribution in [2.75, 3.05) is 6.54 Å². The summed E-state index contributed by atoms with van der Waals surface area (Å²) < 4.78 is 13.0. The predicted molar refractivity (Wildman–Crippen MR) is 55.1 cm³/mol. The largest absolute Gasteiger partial charge is 0.329 e. The molecule has 1 aliphatic heterocycles. The van der Waals surface area contributed by atoms with Crippen LogP contribution in [0.1, 0.15) is 11.1 Å². The van der Waals surface area contributed by atoms with E-state index in [2.05, 4.69) is 5.32 Å². The lowest BCUT2D eigenvalue weighted by molar-refractivity contribution is -0.125. The van der Waals surface area contributed by atoms with E-state index >= 15 is 0 Å². The molecule has 0 atom stereocenters. The summed E-state index contributed by atoms with van der Waals surface area (Å²) in [6.45, 7) is -0.151. The number of urea groups is 1. The Morgan fingerprint density at radius 1 is 1.47 bits per heavy atom. The van der Waals surface area contributed by atoms with Gasteiger partial charge in [0.25, 0.3) is 0 Å². The van der Waals surface area contributed by atoms with Crippen molar-refractivity contribution in [1.29, 1.82) is 5.26 Å². The lowest BCUT2D eigenvalue weighted by Crippen LogP contribution is -2.30. The minimum atomic E-state index is -0.525. The van der Waals surface area contributed by atoms with Crippen LogP contribution in [-0.2, 0) is 11.3 Å². The number of nitrogens with zero attached hydrogens (tertiary/aromatic N) is 2. The Kier molecular flexibility index (Phi) is 2.75. The zero-order valence-corrected chi connectivity index (χ0v) is 8.74. The summed E-state index contributed by atoms with van der Waals surface area (Å²) in [6.07, 6.45) is 0. The van der Waals surface area contributed by atoms with Crippen LogP contribution in [0.25, 0.3) is 0 Å². The van der Waals surface area contributed by atoms with Crippen molar-refractivity contribution in [3.8, 4) is 6.07 Å². The number of nitrogens with one attached hydrogen (secondary N) is 1. The summed E-state index contributed by atoms with van der Waals surface area (Å²) in [5.41, 5.74) is 0.566. The lowest BCUT2D eigenvalue weighted by atomic mass is 10.1. The molecule has 0 saturated carbocycles. The number of hydrogen-bond donors (Lipinski definition) is 1. The molecule has 0 spiro atoms. The van der Waals surface area contributed by atoms with Crippen LogP contribution in [-0.4, -0.2) is 23.4 Å². The molecule has 1 aromatic rings. The van der Waals surface area contributed by atoms with E-state index < -0.39 is 11.8 Å². The van der Waals surface area contributed by atoms with Gasteiger partial charge in [0.2, 0.25) is 5.91 Å². The molecular formula is C11H8FN3O2. The van der Waals surface area contributed by atoms with E-state index in [1.165, 1.54) is 6.07 Å². The van der Waals surface area contributed by atoms with Crippen LogP contribution in [0.5, 0.6) is 0 Å². The first kappa shape index (κ1) is 11.1. The number of hydrogen-bond acceptors (Lipinski definition) is 3. The SMILES string of the molecule is N#Cc1ccc(F)cc1CN1C(=O)CNC1=O. The highest BCUT2D eigenvalue weighted by Crippen LogP contribution is 2.14. The first-order valence-electron chi connectivity index (χ1n) is 4.88. The molecule has 0 unspecified atom stereocenters. The van der Waals surface area contributed by atoms with E-state index in [0.717, 1.165) is 17.0 Å². The first-order chi connectivity index (χ1) is 8.11. The topological polar surface area (TPSA) is 73.2 Å². The van der Waals surface area contributed by atoms with Crippen LogP contribution in [0.4, 0.5) is 9.18 Å². The number of nitriles is 1. The Labute approximate surface area is 96.4 Å². The minimum Gasteiger partial charge on any atom is -0.329 e. The van der Waals surface area contributed by atoms with Crippen molar-refractivity contribution in [2.24, 2.45) is 0 Å². The number of benzene rings is 1. The third-order valence-corrected chi connectivity index (χ3v) is 2.45. The molecule has 1 aliphatic rings. The fraction of sp³-hybridized carbons (Fsp3) is 0.182. The molecule has 1 aromatic carbocycles. The van der Waals surface area contributed by atoms with Crippen molar-refractivity contribution in [1.82, 2.24) is 10.2 Å². The van der Waals surface area contributed by atoms with Crippen LogP contribution in [0, 0.1) is 17.1 Å². The third-order valence-electron chi connectivity index (χ3n) is 2.45. The van der Waals surface area contributed by atoms with Crippen LogP contribution >= 0.6 is 0 Å². The predicted octanol–water partition coefficient (Wildman–Crippen LogP) is 0.749. The van der Waals surface area contributed by atoms with Crippen molar-refractivity contribution in [3.63, 3.8) is 0 Å². The van der Waals surface area contributed by atoms with Crippen LogP contribution in [0.3, 0.4) is 0 Å².